The zero-order valence-electron chi connectivity index (χ0n) is 18.1. The van der Waals surface area contributed by atoms with Crippen LogP contribution in [0.4, 0.5) is 5.69 Å². The average Bonchev–Trinajstić information content (AvgIpc) is 3.25. The number of nitrogens with one attached hydrogen (secondary N) is 2. The van der Waals surface area contributed by atoms with E-state index < -0.39 is 15.9 Å². The summed E-state index contributed by atoms with van der Waals surface area (Å²) in [5.41, 5.74) is 3.25. The van der Waals surface area contributed by atoms with Crippen LogP contribution in [-0.2, 0) is 16.6 Å². The Labute approximate surface area is 191 Å². The van der Waals surface area contributed by atoms with Crippen molar-refractivity contribution in [1.29, 1.82) is 0 Å². The highest BCUT2D eigenvalue weighted by Crippen LogP contribution is 2.21. The Balaban J connectivity index is 1.52. The molecule has 4 rings (SSSR count). The SMILES string of the molecule is Cc1ccc(NC(=O)c2cccc(S(=O)(=O)NCc3ccccc3)c2)cc1-n1nnnc1C. The van der Waals surface area contributed by atoms with Crippen molar-refractivity contribution in [2.75, 3.05) is 5.32 Å². The van der Waals surface area contributed by atoms with Gasteiger partial charge in [0, 0.05) is 17.8 Å². The normalized spacial score (nSPS) is 11.3. The Bertz CT molecular complexity index is 1400. The number of tetrazole rings is 1. The lowest BCUT2D eigenvalue weighted by molar-refractivity contribution is 0.102. The maximum absolute atomic E-state index is 12.8. The highest BCUT2D eigenvalue weighted by molar-refractivity contribution is 7.89. The molecule has 1 amide bonds. The second-order valence-corrected chi connectivity index (χ2v) is 9.20. The van der Waals surface area contributed by atoms with Gasteiger partial charge in [-0.1, -0.05) is 42.5 Å². The molecule has 0 saturated heterocycles. The summed E-state index contributed by atoms with van der Waals surface area (Å²) in [6.45, 7) is 3.85. The highest BCUT2D eigenvalue weighted by Gasteiger charge is 2.17. The fraction of sp³-hybridized carbons (Fsp3) is 0.130. The smallest absolute Gasteiger partial charge is 0.255 e. The quantitative estimate of drug-likeness (QED) is 0.436. The van der Waals surface area contributed by atoms with E-state index in [0.717, 1.165) is 16.8 Å². The van der Waals surface area contributed by atoms with E-state index in [9.17, 15) is 13.2 Å². The van der Waals surface area contributed by atoms with Crippen molar-refractivity contribution in [2.45, 2.75) is 25.3 Å². The first kappa shape index (κ1) is 22.3. The fourth-order valence-electron chi connectivity index (χ4n) is 3.23. The lowest BCUT2D eigenvalue weighted by Gasteiger charge is -2.11. The second-order valence-electron chi connectivity index (χ2n) is 7.43. The predicted octanol–water partition coefficient (Wildman–Crippen LogP) is 3.01. The number of aromatic nitrogens is 4. The number of rotatable bonds is 7. The van der Waals surface area contributed by atoms with Crippen molar-refractivity contribution in [3.05, 3.63) is 95.3 Å². The number of carbonyl (C=O) groups is 1. The minimum atomic E-state index is -3.79. The van der Waals surface area contributed by atoms with Crippen LogP contribution < -0.4 is 10.0 Å². The number of amides is 1. The van der Waals surface area contributed by atoms with Gasteiger partial charge in [0.15, 0.2) is 5.82 Å². The van der Waals surface area contributed by atoms with E-state index in [4.69, 9.17) is 0 Å². The predicted molar refractivity (Wildman–Crippen MR) is 123 cm³/mol. The number of carbonyl (C=O) groups excluding carboxylic acids is 1. The number of sulfonamides is 1. The van der Waals surface area contributed by atoms with Gasteiger partial charge in [0.2, 0.25) is 10.0 Å². The molecular formula is C23H22N6O3S. The van der Waals surface area contributed by atoms with Gasteiger partial charge in [0.05, 0.1) is 10.6 Å². The molecule has 33 heavy (non-hydrogen) atoms. The zero-order chi connectivity index (χ0) is 23.4. The lowest BCUT2D eigenvalue weighted by atomic mass is 10.1. The number of benzene rings is 3. The molecule has 0 unspecified atom stereocenters. The molecule has 3 aromatic carbocycles. The third kappa shape index (κ3) is 5.13. The van der Waals surface area contributed by atoms with Crippen molar-refractivity contribution in [2.24, 2.45) is 0 Å². The van der Waals surface area contributed by atoms with Gasteiger partial charge in [-0.3, -0.25) is 4.79 Å². The molecule has 0 saturated carbocycles. The highest BCUT2D eigenvalue weighted by atomic mass is 32.2. The molecule has 168 valence electrons. The number of hydrogen-bond donors (Lipinski definition) is 2. The van der Waals surface area contributed by atoms with E-state index in [1.807, 2.05) is 43.3 Å². The van der Waals surface area contributed by atoms with Crippen LogP contribution in [-0.4, -0.2) is 34.5 Å². The molecule has 0 aliphatic rings. The molecule has 0 spiro atoms. The number of nitrogens with zero attached hydrogens (tertiary/aromatic N) is 4. The zero-order valence-corrected chi connectivity index (χ0v) is 18.9. The van der Waals surface area contributed by atoms with E-state index in [2.05, 4.69) is 25.6 Å². The van der Waals surface area contributed by atoms with Crippen molar-refractivity contribution >= 4 is 21.6 Å². The van der Waals surface area contributed by atoms with Crippen LogP contribution in [0.3, 0.4) is 0 Å². The Hall–Kier alpha value is -3.89. The van der Waals surface area contributed by atoms with Crippen molar-refractivity contribution in [3.8, 4) is 5.69 Å². The Morgan fingerprint density at radius 3 is 2.48 bits per heavy atom. The summed E-state index contributed by atoms with van der Waals surface area (Å²) in [7, 11) is -3.79. The standard InChI is InChI=1S/C23H22N6O3S/c1-16-11-12-20(14-22(16)29-17(2)26-27-28-29)25-23(30)19-9-6-10-21(13-19)33(31,32)24-15-18-7-4-3-5-8-18/h3-14,24H,15H2,1-2H3,(H,25,30). The van der Waals surface area contributed by atoms with Gasteiger partial charge in [0.1, 0.15) is 0 Å². The van der Waals surface area contributed by atoms with Gasteiger partial charge < -0.3 is 5.32 Å². The summed E-state index contributed by atoms with van der Waals surface area (Å²) in [6.07, 6.45) is 0. The van der Waals surface area contributed by atoms with Crippen LogP contribution in [0.15, 0.2) is 77.7 Å². The van der Waals surface area contributed by atoms with E-state index >= 15 is 0 Å². The third-order valence-corrected chi connectivity index (χ3v) is 6.44. The molecule has 0 radical (unpaired) electrons. The summed E-state index contributed by atoms with van der Waals surface area (Å²) in [5.74, 6) is 0.181. The molecule has 0 aliphatic heterocycles. The lowest BCUT2D eigenvalue weighted by Crippen LogP contribution is -2.23. The summed E-state index contributed by atoms with van der Waals surface area (Å²) in [6, 6.07) is 20.5. The van der Waals surface area contributed by atoms with Crippen LogP contribution in [0.5, 0.6) is 0 Å². The molecule has 1 aromatic heterocycles. The molecule has 0 atom stereocenters. The molecule has 0 bridgehead atoms. The van der Waals surface area contributed by atoms with Crippen molar-refractivity contribution in [3.63, 3.8) is 0 Å². The first-order chi connectivity index (χ1) is 15.8. The number of hydrogen-bond acceptors (Lipinski definition) is 6. The van der Waals surface area contributed by atoms with Gasteiger partial charge in [0.25, 0.3) is 5.91 Å². The second kappa shape index (κ2) is 9.31. The molecule has 4 aromatic rings. The summed E-state index contributed by atoms with van der Waals surface area (Å²) >= 11 is 0. The van der Waals surface area contributed by atoms with E-state index in [1.54, 1.807) is 29.8 Å². The monoisotopic (exact) mass is 462 g/mol. The molecule has 10 heteroatoms. The maximum Gasteiger partial charge on any atom is 0.255 e. The van der Waals surface area contributed by atoms with Crippen molar-refractivity contribution in [1.82, 2.24) is 24.9 Å². The summed E-state index contributed by atoms with van der Waals surface area (Å²) in [4.78, 5) is 12.9. The van der Waals surface area contributed by atoms with E-state index in [-0.39, 0.29) is 17.0 Å². The number of anilines is 1. The summed E-state index contributed by atoms with van der Waals surface area (Å²) < 4.78 is 29.6. The first-order valence-electron chi connectivity index (χ1n) is 10.1. The van der Waals surface area contributed by atoms with Crippen LogP contribution in [0.2, 0.25) is 0 Å². The van der Waals surface area contributed by atoms with Crippen LogP contribution in [0.25, 0.3) is 5.69 Å². The first-order valence-corrected chi connectivity index (χ1v) is 11.6. The summed E-state index contributed by atoms with van der Waals surface area (Å²) in [5, 5.41) is 14.3. The third-order valence-electron chi connectivity index (χ3n) is 5.04. The van der Waals surface area contributed by atoms with Gasteiger partial charge in [-0.15, -0.1) is 5.10 Å². The van der Waals surface area contributed by atoms with Gasteiger partial charge in [-0.25, -0.2) is 13.1 Å². The van der Waals surface area contributed by atoms with Gasteiger partial charge in [-0.2, -0.15) is 4.68 Å². The fourth-order valence-corrected chi connectivity index (χ4v) is 4.30. The minimum absolute atomic E-state index is 0.0139. The largest absolute Gasteiger partial charge is 0.322 e. The number of aryl methyl sites for hydroxylation is 2. The molecule has 1 heterocycles. The van der Waals surface area contributed by atoms with Crippen LogP contribution in [0, 0.1) is 13.8 Å². The van der Waals surface area contributed by atoms with E-state index in [1.165, 1.54) is 18.2 Å². The minimum Gasteiger partial charge on any atom is -0.322 e. The van der Waals surface area contributed by atoms with Gasteiger partial charge >= 0.3 is 0 Å². The van der Waals surface area contributed by atoms with Crippen LogP contribution in [0.1, 0.15) is 27.3 Å². The molecule has 0 aliphatic carbocycles. The topological polar surface area (TPSA) is 119 Å². The molecule has 2 N–H and O–H groups in total. The van der Waals surface area contributed by atoms with Crippen molar-refractivity contribution < 1.29 is 13.2 Å². The van der Waals surface area contributed by atoms with Crippen LogP contribution >= 0.6 is 0 Å². The molecule has 0 fully saturated rings. The van der Waals surface area contributed by atoms with Gasteiger partial charge in [-0.05, 0) is 65.7 Å². The Kier molecular flexibility index (Phi) is 6.29. The van der Waals surface area contributed by atoms with E-state index in [0.29, 0.717) is 11.5 Å². The Morgan fingerprint density at radius 1 is 0.970 bits per heavy atom. The Morgan fingerprint density at radius 2 is 1.76 bits per heavy atom. The molecular weight excluding hydrogens is 440 g/mol. The molecule has 9 nitrogen and oxygen atoms in total. The maximum atomic E-state index is 12.8. The average molecular weight is 463 g/mol.